The summed E-state index contributed by atoms with van der Waals surface area (Å²) in [7, 11) is 1.78. The molecule has 2 fully saturated rings. The lowest BCUT2D eigenvalue weighted by atomic mass is 9.81. The van der Waals surface area contributed by atoms with E-state index in [2.05, 4.69) is 6.92 Å². The second kappa shape index (κ2) is 7.05. The predicted octanol–water partition coefficient (Wildman–Crippen LogP) is 1.81. The molecule has 1 saturated heterocycles. The van der Waals surface area contributed by atoms with E-state index in [1.54, 1.807) is 11.9 Å². The molecule has 2 aliphatic rings. The molecule has 21 heavy (non-hydrogen) atoms. The van der Waals surface area contributed by atoms with Crippen molar-refractivity contribution in [2.45, 2.75) is 51.9 Å². The summed E-state index contributed by atoms with van der Waals surface area (Å²) < 4.78 is 0. The largest absolute Gasteiger partial charge is 0.346 e. The Morgan fingerprint density at radius 2 is 1.76 bits per heavy atom. The van der Waals surface area contributed by atoms with Gasteiger partial charge in [0, 0.05) is 26.6 Å². The van der Waals surface area contributed by atoms with E-state index < -0.39 is 0 Å². The molecule has 0 bridgehead atoms. The topological polar surface area (TPSA) is 57.7 Å². The number of hydrogen-bond acceptors (Lipinski definition) is 3. The second-order valence-electron chi connectivity index (χ2n) is 6.24. The Labute approximate surface area is 126 Å². The Bertz CT molecular complexity index is 398. The lowest BCUT2D eigenvalue weighted by molar-refractivity contribution is -0.140. The van der Waals surface area contributed by atoms with E-state index in [0.29, 0.717) is 0 Å². The molecule has 0 spiro atoms. The highest BCUT2D eigenvalue weighted by atomic mass is 16.2. The molecule has 2 atom stereocenters. The van der Waals surface area contributed by atoms with Crippen LogP contribution in [0.15, 0.2) is 0 Å². The van der Waals surface area contributed by atoms with Crippen LogP contribution in [-0.2, 0) is 14.4 Å². The van der Waals surface area contributed by atoms with Gasteiger partial charge in [-0.1, -0.05) is 26.2 Å². The van der Waals surface area contributed by atoms with Crippen LogP contribution in [0.2, 0.25) is 0 Å². The number of fused-ring (bicyclic) bond motifs is 1. The Morgan fingerprint density at radius 1 is 1.19 bits per heavy atom. The maximum atomic E-state index is 12.3. The number of rotatable bonds is 6. The highest BCUT2D eigenvalue weighted by molar-refractivity contribution is 6.05. The van der Waals surface area contributed by atoms with Gasteiger partial charge in [0.2, 0.25) is 17.7 Å². The van der Waals surface area contributed by atoms with Crippen LogP contribution in [0.1, 0.15) is 51.9 Å². The number of likely N-dealkylation sites (tertiary alicyclic amines) is 1. The number of nitrogens with zero attached hydrogens (tertiary/aromatic N) is 2. The highest BCUT2D eigenvalue weighted by Gasteiger charge is 2.47. The van der Waals surface area contributed by atoms with Gasteiger partial charge in [-0.2, -0.15) is 0 Å². The maximum absolute atomic E-state index is 12.3. The number of unbranched alkanes of at least 4 members (excludes halogenated alkanes) is 1. The zero-order chi connectivity index (χ0) is 15.4. The molecule has 1 aliphatic heterocycles. The van der Waals surface area contributed by atoms with Gasteiger partial charge in [0.1, 0.15) is 0 Å². The van der Waals surface area contributed by atoms with E-state index in [0.717, 1.165) is 45.1 Å². The number of carbonyl (C=O) groups is 3. The zero-order valence-corrected chi connectivity index (χ0v) is 13.1. The lowest BCUT2D eigenvalue weighted by Gasteiger charge is -2.19. The van der Waals surface area contributed by atoms with E-state index in [4.69, 9.17) is 0 Å². The van der Waals surface area contributed by atoms with Crippen molar-refractivity contribution >= 4 is 17.7 Å². The van der Waals surface area contributed by atoms with E-state index in [1.165, 1.54) is 4.90 Å². The SMILES string of the molecule is CCCCN(C)C(=O)CCN1C(=O)C2CCCCC2C1=O. The summed E-state index contributed by atoms with van der Waals surface area (Å²) in [6, 6.07) is 0. The van der Waals surface area contributed by atoms with Crippen molar-refractivity contribution in [2.75, 3.05) is 20.1 Å². The van der Waals surface area contributed by atoms with Crippen molar-refractivity contribution in [3.8, 4) is 0 Å². The fourth-order valence-electron chi connectivity index (χ4n) is 3.37. The summed E-state index contributed by atoms with van der Waals surface area (Å²) in [6.07, 6.45) is 6.00. The quantitative estimate of drug-likeness (QED) is 0.702. The number of imide groups is 1. The Morgan fingerprint density at radius 3 is 2.29 bits per heavy atom. The minimum absolute atomic E-state index is 0.0129. The Kier molecular flexibility index (Phi) is 5.37. The second-order valence-corrected chi connectivity index (χ2v) is 6.24. The van der Waals surface area contributed by atoms with Gasteiger partial charge in [-0.05, 0) is 19.3 Å². The molecule has 2 unspecified atom stereocenters. The number of amides is 3. The van der Waals surface area contributed by atoms with E-state index in [1.807, 2.05) is 0 Å². The van der Waals surface area contributed by atoms with E-state index in [9.17, 15) is 14.4 Å². The van der Waals surface area contributed by atoms with Crippen molar-refractivity contribution in [2.24, 2.45) is 11.8 Å². The summed E-state index contributed by atoms with van der Waals surface area (Å²) in [5.41, 5.74) is 0. The normalized spacial score (nSPS) is 25.1. The van der Waals surface area contributed by atoms with Crippen molar-refractivity contribution in [1.82, 2.24) is 9.80 Å². The van der Waals surface area contributed by atoms with Crippen LogP contribution in [0.25, 0.3) is 0 Å². The lowest BCUT2D eigenvalue weighted by Crippen LogP contribution is -2.36. The summed E-state index contributed by atoms with van der Waals surface area (Å²) >= 11 is 0. The average molecular weight is 294 g/mol. The fraction of sp³-hybridized carbons (Fsp3) is 0.812. The van der Waals surface area contributed by atoms with Crippen LogP contribution >= 0.6 is 0 Å². The van der Waals surface area contributed by atoms with Gasteiger partial charge in [0.25, 0.3) is 0 Å². The van der Waals surface area contributed by atoms with Crippen LogP contribution in [0, 0.1) is 11.8 Å². The molecule has 0 N–H and O–H groups in total. The average Bonchev–Trinajstić information content (AvgIpc) is 2.74. The van der Waals surface area contributed by atoms with Crippen LogP contribution in [-0.4, -0.2) is 47.7 Å². The molecule has 1 saturated carbocycles. The molecular weight excluding hydrogens is 268 g/mol. The van der Waals surface area contributed by atoms with Crippen molar-refractivity contribution in [3.05, 3.63) is 0 Å². The van der Waals surface area contributed by atoms with Crippen molar-refractivity contribution in [1.29, 1.82) is 0 Å². The van der Waals surface area contributed by atoms with Gasteiger partial charge < -0.3 is 4.90 Å². The fourth-order valence-corrected chi connectivity index (χ4v) is 3.37. The number of carbonyl (C=O) groups excluding carboxylic acids is 3. The first kappa shape index (κ1) is 16.0. The van der Waals surface area contributed by atoms with Crippen molar-refractivity contribution in [3.63, 3.8) is 0 Å². The predicted molar refractivity (Wildman–Crippen MR) is 79.3 cm³/mol. The minimum Gasteiger partial charge on any atom is -0.346 e. The van der Waals surface area contributed by atoms with E-state index >= 15 is 0 Å². The summed E-state index contributed by atoms with van der Waals surface area (Å²) in [4.78, 5) is 39.6. The summed E-state index contributed by atoms with van der Waals surface area (Å²) in [5.74, 6) is -0.306. The third-order valence-electron chi connectivity index (χ3n) is 4.75. The first-order valence-corrected chi connectivity index (χ1v) is 8.15. The van der Waals surface area contributed by atoms with Gasteiger partial charge in [0.05, 0.1) is 11.8 Å². The molecule has 0 radical (unpaired) electrons. The molecular formula is C16H26N2O3. The third kappa shape index (κ3) is 3.44. The van der Waals surface area contributed by atoms with Gasteiger partial charge in [-0.15, -0.1) is 0 Å². The summed E-state index contributed by atoms with van der Waals surface area (Å²) in [5, 5.41) is 0. The molecule has 5 nitrogen and oxygen atoms in total. The van der Waals surface area contributed by atoms with E-state index in [-0.39, 0.29) is 42.5 Å². The number of hydrogen-bond donors (Lipinski definition) is 0. The third-order valence-corrected chi connectivity index (χ3v) is 4.75. The molecule has 1 aliphatic carbocycles. The van der Waals surface area contributed by atoms with Gasteiger partial charge in [0.15, 0.2) is 0 Å². The van der Waals surface area contributed by atoms with Gasteiger partial charge in [-0.3, -0.25) is 19.3 Å². The monoisotopic (exact) mass is 294 g/mol. The van der Waals surface area contributed by atoms with Gasteiger partial charge in [-0.25, -0.2) is 0 Å². The molecule has 5 heteroatoms. The minimum atomic E-state index is -0.112. The molecule has 0 aromatic rings. The first-order chi connectivity index (χ1) is 10.1. The van der Waals surface area contributed by atoms with Crippen LogP contribution in [0.3, 0.4) is 0 Å². The molecule has 2 rings (SSSR count). The summed E-state index contributed by atoms with van der Waals surface area (Å²) in [6.45, 7) is 3.07. The molecule has 3 amide bonds. The molecule has 118 valence electrons. The van der Waals surface area contributed by atoms with Crippen LogP contribution in [0.4, 0.5) is 0 Å². The smallest absolute Gasteiger partial charge is 0.233 e. The highest BCUT2D eigenvalue weighted by Crippen LogP contribution is 2.37. The van der Waals surface area contributed by atoms with Crippen LogP contribution in [0.5, 0.6) is 0 Å². The van der Waals surface area contributed by atoms with Crippen molar-refractivity contribution < 1.29 is 14.4 Å². The Balaban J connectivity index is 1.86. The zero-order valence-electron chi connectivity index (χ0n) is 13.1. The molecule has 0 aromatic carbocycles. The molecule has 0 aromatic heterocycles. The first-order valence-electron chi connectivity index (χ1n) is 8.15. The van der Waals surface area contributed by atoms with Gasteiger partial charge >= 0.3 is 0 Å². The Hall–Kier alpha value is -1.39. The maximum Gasteiger partial charge on any atom is 0.233 e. The molecule has 1 heterocycles. The van der Waals surface area contributed by atoms with Crippen LogP contribution < -0.4 is 0 Å². The standard InChI is InChI=1S/C16H26N2O3/c1-3-4-10-17(2)14(19)9-11-18-15(20)12-7-5-6-8-13(12)16(18)21/h12-13H,3-11H2,1-2H3.